The van der Waals surface area contributed by atoms with Crippen LogP contribution in [0.25, 0.3) is 0 Å². The van der Waals surface area contributed by atoms with Crippen molar-refractivity contribution in [3.8, 4) is 0 Å². The molecule has 2 aliphatic rings. The highest BCUT2D eigenvalue weighted by Gasteiger charge is 2.27. The van der Waals surface area contributed by atoms with Gasteiger partial charge in [-0.2, -0.15) is 0 Å². The molecule has 1 aliphatic carbocycles. The monoisotopic (exact) mass is 577 g/mol. The Hall–Kier alpha value is -3.43. The molecule has 9 nitrogen and oxygen atoms in total. The molecule has 2 aromatic rings. The Kier molecular flexibility index (Phi) is 11.4. The van der Waals surface area contributed by atoms with Gasteiger partial charge in [0.05, 0.1) is 18.2 Å². The largest absolute Gasteiger partial charge is 0.390 e. The highest BCUT2D eigenvalue weighted by molar-refractivity contribution is 6.00. The second-order valence-electron chi connectivity index (χ2n) is 12.0. The molecule has 0 spiro atoms. The molecule has 5 N–H and O–H groups in total. The fraction of sp³-hybridized carbons (Fsp3) is 0.545. The minimum Gasteiger partial charge on any atom is -0.390 e. The summed E-state index contributed by atoms with van der Waals surface area (Å²) in [6.07, 6.45) is 6.27. The van der Waals surface area contributed by atoms with Crippen molar-refractivity contribution in [3.05, 3.63) is 59.7 Å². The van der Waals surface area contributed by atoms with Crippen molar-refractivity contribution >= 4 is 29.1 Å². The standard InChI is InChI=1S/C33H47N5O4/c1-22(2)35-27-18-25(19-28(20-27)38-16-10-15-31(38)40)33(42)37-29(17-24-11-6-4-7-12-24)30(39)21-34-23(3)32(41)36-26-13-8-5-9-14-26/h4,6-7,11-12,18-20,22-23,26,29-30,34-35,39H,5,8-10,13-17,21H2,1-3H3,(H,36,41)(H,37,42)/t23-,29-,30-/m0/s1. The van der Waals surface area contributed by atoms with Crippen molar-refractivity contribution in [2.75, 3.05) is 23.3 Å². The van der Waals surface area contributed by atoms with E-state index in [1.807, 2.05) is 50.2 Å². The van der Waals surface area contributed by atoms with Crippen LogP contribution >= 0.6 is 0 Å². The number of nitrogens with zero attached hydrogens (tertiary/aromatic N) is 1. The van der Waals surface area contributed by atoms with Gasteiger partial charge in [-0.15, -0.1) is 0 Å². The Labute approximate surface area is 249 Å². The molecule has 2 fully saturated rings. The van der Waals surface area contributed by atoms with E-state index in [0.717, 1.165) is 43.4 Å². The summed E-state index contributed by atoms with van der Waals surface area (Å²) in [5.74, 6) is -0.359. The summed E-state index contributed by atoms with van der Waals surface area (Å²) in [5, 5.41) is 24.0. The van der Waals surface area contributed by atoms with Crippen LogP contribution in [-0.2, 0) is 16.0 Å². The van der Waals surface area contributed by atoms with E-state index < -0.39 is 18.2 Å². The third kappa shape index (κ3) is 9.03. The van der Waals surface area contributed by atoms with E-state index in [2.05, 4.69) is 21.3 Å². The molecule has 0 aromatic heterocycles. The lowest BCUT2D eigenvalue weighted by atomic mass is 9.95. The summed E-state index contributed by atoms with van der Waals surface area (Å²) in [7, 11) is 0. The number of carbonyl (C=O) groups excluding carboxylic acids is 3. The number of hydrogen-bond donors (Lipinski definition) is 5. The highest BCUT2D eigenvalue weighted by Crippen LogP contribution is 2.27. The van der Waals surface area contributed by atoms with Gasteiger partial charge in [-0.25, -0.2) is 0 Å². The van der Waals surface area contributed by atoms with Gasteiger partial charge in [-0.1, -0.05) is 49.6 Å². The molecule has 9 heteroatoms. The summed E-state index contributed by atoms with van der Waals surface area (Å²) >= 11 is 0. The summed E-state index contributed by atoms with van der Waals surface area (Å²) in [4.78, 5) is 40.6. The second-order valence-corrected chi connectivity index (χ2v) is 12.0. The molecule has 228 valence electrons. The molecule has 42 heavy (non-hydrogen) atoms. The van der Waals surface area contributed by atoms with Gasteiger partial charge in [0.2, 0.25) is 11.8 Å². The SMILES string of the molecule is CC(C)Nc1cc(C(=O)N[C@@H](Cc2ccccc2)[C@@H](O)CN[C@@H](C)C(=O)NC2CCCCC2)cc(N2CCCC2=O)c1. The number of carbonyl (C=O) groups is 3. The van der Waals surface area contributed by atoms with E-state index in [1.54, 1.807) is 24.0 Å². The van der Waals surface area contributed by atoms with Crippen molar-refractivity contribution in [3.63, 3.8) is 0 Å². The highest BCUT2D eigenvalue weighted by atomic mass is 16.3. The molecule has 1 aliphatic heterocycles. The number of nitrogens with one attached hydrogen (secondary N) is 4. The molecule has 1 saturated heterocycles. The molecule has 2 aromatic carbocycles. The first kappa shape index (κ1) is 31.5. The molecule has 1 heterocycles. The molecule has 3 atom stereocenters. The second kappa shape index (κ2) is 15.2. The average molecular weight is 578 g/mol. The predicted octanol–water partition coefficient (Wildman–Crippen LogP) is 3.76. The number of benzene rings is 2. The molecule has 0 unspecified atom stereocenters. The maximum Gasteiger partial charge on any atom is 0.251 e. The third-order valence-corrected chi connectivity index (χ3v) is 8.08. The van der Waals surface area contributed by atoms with Crippen LogP contribution in [-0.4, -0.2) is 66.2 Å². The average Bonchev–Trinajstić information content (AvgIpc) is 3.41. The zero-order valence-electron chi connectivity index (χ0n) is 25.2. The van der Waals surface area contributed by atoms with Gasteiger partial charge in [-0.3, -0.25) is 14.4 Å². The lowest BCUT2D eigenvalue weighted by molar-refractivity contribution is -0.123. The van der Waals surface area contributed by atoms with E-state index in [0.29, 0.717) is 30.6 Å². The van der Waals surface area contributed by atoms with E-state index in [-0.39, 0.29) is 36.3 Å². The lowest BCUT2D eigenvalue weighted by Gasteiger charge is -2.28. The lowest BCUT2D eigenvalue weighted by Crippen LogP contribution is -2.53. The molecule has 3 amide bonds. The predicted molar refractivity (Wildman–Crippen MR) is 167 cm³/mol. The quantitative estimate of drug-likeness (QED) is 0.247. The third-order valence-electron chi connectivity index (χ3n) is 8.08. The number of amides is 3. The molecule has 1 saturated carbocycles. The first-order chi connectivity index (χ1) is 20.2. The topological polar surface area (TPSA) is 123 Å². The number of rotatable bonds is 13. The van der Waals surface area contributed by atoms with Crippen LogP contribution in [0.4, 0.5) is 11.4 Å². The molecular formula is C33H47N5O4. The number of hydrogen-bond acceptors (Lipinski definition) is 6. The van der Waals surface area contributed by atoms with E-state index in [9.17, 15) is 19.5 Å². The van der Waals surface area contributed by atoms with Crippen molar-refractivity contribution in [1.29, 1.82) is 0 Å². The van der Waals surface area contributed by atoms with Crippen molar-refractivity contribution < 1.29 is 19.5 Å². The van der Waals surface area contributed by atoms with Crippen LogP contribution < -0.4 is 26.2 Å². The Balaban J connectivity index is 1.47. The molecule has 4 rings (SSSR count). The first-order valence-electron chi connectivity index (χ1n) is 15.5. The fourth-order valence-corrected chi connectivity index (χ4v) is 5.74. The van der Waals surface area contributed by atoms with Gasteiger partial charge in [0, 0.05) is 48.5 Å². The first-order valence-corrected chi connectivity index (χ1v) is 15.5. The van der Waals surface area contributed by atoms with Gasteiger partial charge in [0.15, 0.2) is 0 Å². The summed E-state index contributed by atoms with van der Waals surface area (Å²) in [6.45, 7) is 6.59. The minimum atomic E-state index is -0.948. The Morgan fingerprint density at radius 1 is 1.00 bits per heavy atom. The fourth-order valence-electron chi connectivity index (χ4n) is 5.74. The number of anilines is 2. The summed E-state index contributed by atoms with van der Waals surface area (Å²) in [6, 6.07) is 14.4. The van der Waals surface area contributed by atoms with E-state index >= 15 is 0 Å². The smallest absolute Gasteiger partial charge is 0.251 e. The maximum atomic E-state index is 13.7. The van der Waals surface area contributed by atoms with Gasteiger partial charge in [0.25, 0.3) is 5.91 Å². The zero-order valence-corrected chi connectivity index (χ0v) is 25.2. The van der Waals surface area contributed by atoms with Gasteiger partial charge in [-0.05, 0) is 70.2 Å². The Morgan fingerprint density at radius 3 is 2.40 bits per heavy atom. The van der Waals surface area contributed by atoms with Gasteiger partial charge < -0.3 is 31.3 Å². The van der Waals surface area contributed by atoms with E-state index in [4.69, 9.17) is 0 Å². The Morgan fingerprint density at radius 2 is 1.74 bits per heavy atom. The van der Waals surface area contributed by atoms with Crippen LogP contribution in [0.1, 0.15) is 81.6 Å². The van der Waals surface area contributed by atoms with Crippen molar-refractivity contribution in [2.24, 2.45) is 0 Å². The normalized spacial score (nSPS) is 18.0. The Bertz CT molecular complexity index is 1200. The van der Waals surface area contributed by atoms with Crippen LogP contribution in [0.2, 0.25) is 0 Å². The number of aliphatic hydroxyl groups is 1. The van der Waals surface area contributed by atoms with Crippen molar-refractivity contribution in [2.45, 2.75) is 102 Å². The summed E-state index contributed by atoms with van der Waals surface area (Å²) in [5.41, 5.74) is 2.83. The maximum absolute atomic E-state index is 13.7. The molecular weight excluding hydrogens is 530 g/mol. The zero-order chi connectivity index (χ0) is 30.1. The number of aliphatic hydroxyl groups excluding tert-OH is 1. The molecule has 0 radical (unpaired) electrons. The molecule has 0 bridgehead atoms. The van der Waals surface area contributed by atoms with Gasteiger partial charge >= 0.3 is 0 Å². The minimum absolute atomic E-state index is 0.0492. The van der Waals surface area contributed by atoms with Crippen LogP contribution in [0, 0.1) is 0 Å². The van der Waals surface area contributed by atoms with Crippen LogP contribution in [0.15, 0.2) is 48.5 Å². The summed E-state index contributed by atoms with van der Waals surface area (Å²) < 4.78 is 0. The van der Waals surface area contributed by atoms with Crippen molar-refractivity contribution in [1.82, 2.24) is 16.0 Å². The van der Waals surface area contributed by atoms with Crippen LogP contribution in [0.3, 0.4) is 0 Å². The van der Waals surface area contributed by atoms with Crippen LogP contribution in [0.5, 0.6) is 0 Å². The van der Waals surface area contributed by atoms with Gasteiger partial charge in [0.1, 0.15) is 0 Å². The van der Waals surface area contributed by atoms with E-state index in [1.165, 1.54) is 6.42 Å².